The van der Waals surface area contributed by atoms with Crippen molar-refractivity contribution >= 4 is 17.9 Å². The number of unbranched alkanes of at least 4 members (excludes halogenated alkanes) is 31. The zero-order valence-corrected chi connectivity index (χ0v) is 53.7. The summed E-state index contributed by atoms with van der Waals surface area (Å²) >= 11 is 0. The zero-order chi connectivity index (χ0) is 59.2. The normalized spacial score (nSPS) is 12.9. The lowest BCUT2D eigenvalue weighted by atomic mass is 10.0. The van der Waals surface area contributed by atoms with E-state index in [1.54, 1.807) is 0 Å². The fourth-order valence-electron chi connectivity index (χ4n) is 9.62. The van der Waals surface area contributed by atoms with Crippen LogP contribution in [-0.4, -0.2) is 37.2 Å². The smallest absolute Gasteiger partial charge is 0.306 e. The van der Waals surface area contributed by atoms with Crippen LogP contribution in [0.4, 0.5) is 0 Å². The number of hydrogen-bond donors (Lipinski definition) is 0. The van der Waals surface area contributed by atoms with Gasteiger partial charge in [0.1, 0.15) is 13.2 Å². The molecular weight excluding hydrogens is 1010 g/mol. The van der Waals surface area contributed by atoms with Crippen molar-refractivity contribution in [3.8, 4) is 0 Å². The molecule has 0 aliphatic carbocycles. The van der Waals surface area contributed by atoms with E-state index in [4.69, 9.17) is 14.2 Å². The number of hydrogen-bond acceptors (Lipinski definition) is 6. The second kappa shape index (κ2) is 69.3. The molecule has 1 atom stereocenters. The number of rotatable bonds is 62. The van der Waals surface area contributed by atoms with Crippen LogP contribution in [0, 0.1) is 0 Å². The molecule has 0 fully saturated rings. The maximum Gasteiger partial charge on any atom is 0.306 e. The van der Waals surface area contributed by atoms with Gasteiger partial charge in [-0.15, -0.1) is 0 Å². The average Bonchev–Trinajstić information content (AvgIpc) is 3.47. The van der Waals surface area contributed by atoms with Gasteiger partial charge in [-0.3, -0.25) is 14.4 Å². The van der Waals surface area contributed by atoms with E-state index in [2.05, 4.69) is 142 Å². The summed E-state index contributed by atoms with van der Waals surface area (Å²) in [5, 5.41) is 0. The van der Waals surface area contributed by atoms with Gasteiger partial charge in [0, 0.05) is 19.3 Å². The molecule has 82 heavy (non-hydrogen) atoms. The van der Waals surface area contributed by atoms with E-state index in [0.717, 1.165) is 116 Å². The summed E-state index contributed by atoms with van der Waals surface area (Å²) in [6.07, 6.45) is 96.4. The summed E-state index contributed by atoms with van der Waals surface area (Å²) in [5.41, 5.74) is 0. The lowest BCUT2D eigenvalue weighted by Crippen LogP contribution is -2.30. The van der Waals surface area contributed by atoms with Crippen LogP contribution in [0.15, 0.2) is 122 Å². The van der Waals surface area contributed by atoms with Gasteiger partial charge in [0.2, 0.25) is 0 Å². The van der Waals surface area contributed by atoms with E-state index in [0.29, 0.717) is 19.3 Å². The molecule has 1 unspecified atom stereocenters. The fourth-order valence-corrected chi connectivity index (χ4v) is 9.62. The highest BCUT2D eigenvalue weighted by Gasteiger charge is 2.19. The monoisotopic (exact) mass is 1140 g/mol. The summed E-state index contributed by atoms with van der Waals surface area (Å²) in [5.74, 6) is -0.928. The molecule has 0 aliphatic heterocycles. The predicted molar refractivity (Wildman–Crippen MR) is 357 cm³/mol. The van der Waals surface area contributed by atoms with E-state index in [1.807, 2.05) is 0 Å². The minimum atomic E-state index is -0.805. The average molecular weight is 1140 g/mol. The maximum atomic E-state index is 12.9. The Balaban J connectivity index is 4.43. The van der Waals surface area contributed by atoms with Crippen molar-refractivity contribution in [2.24, 2.45) is 0 Å². The summed E-state index contributed by atoms with van der Waals surface area (Å²) in [6.45, 7) is 6.42. The molecule has 0 aromatic rings. The van der Waals surface area contributed by atoms with Crippen LogP contribution < -0.4 is 0 Å². The number of ether oxygens (including phenoxy) is 3. The predicted octanol–water partition coefficient (Wildman–Crippen LogP) is 23.9. The molecule has 0 saturated heterocycles. The Bertz CT molecular complexity index is 1690. The van der Waals surface area contributed by atoms with Crippen molar-refractivity contribution in [2.45, 2.75) is 329 Å². The summed E-state index contributed by atoms with van der Waals surface area (Å²) in [4.78, 5) is 38.5. The highest BCUT2D eigenvalue weighted by atomic mass is 16.6. The van der Waals surface area contributed by atoms with Crippen LogP contribution in [0.5, 0.6) is 0 Å². The first-order valence-electron chi connectivity index (χ1n) is 34.5. The first kappa shape index (κ1) is 77.8. The van der Waals surface area contributed by atoms with Crippen LogP contribution >= 0.6 is 0 Å². The molecule has 0 aromatic carbocycles. The summed E-state index contributed by atoms with van der Waals surface area (Å²) in [6, 6.07) is 0. The molecule has 0 N–H and O–H groups in total. The Labute approximate surface area is 507 Å². The van der Waals surface area contributed by atoms with Gasteiger partial charge in [0.15, 0.2) is 6.10 Å². The molecule has 0 bridgehead atoms. The molecule has 6 nitrogen and oxygen atoms in total. The molecule has 0 aliphatic rings. The second-order valence-electron chi connectivity index (χ2n) is 22.7. The Hall–Kier alpha value is -4.19. The standard InChI is InChI=1S/C76H128O6/c1-4-7-10-13-16-19-22-25-28-31-34-36-37-38-39-41-42-45-48-51-54-57-60-63-66-69-75(78)81-72-73(71-80-74(77)68-65-62-59-56-53-50-47-44-33-30-27-24-21-18-15-12-9-6-3)82-76(79)70-67-64-61-58-55-52-49-46-43-40-35-32-29-26-23-20-17-14-11-8-5-2/h7-8,10-11,16-17,19-20,25-26,28-29,34-36,40,46,49,55,58,73H,4-6,9,12-15,18,21-24,27,30-33,37-39,41-45,47-48,50-54,56-57,59-72H2,1-3H3/b10-7-,11-8-,19-16-,20-17-,28-25-,29-26-,36-34-,40-35-,49-46-,58-55-. The minimum Gasteiger partial charge on any atom is -0.462 e. The highest BCUT2D eigenvalue weighted by molar-refractivity contribution is 5.71. The van der Waals surface area contributed by atoms with E-state index in [9.17, 15) is 14.4 Å². The topological polar surface area (TPSA) is 78.9 Å². The largest absolute Gasteiger partial charge is 0.462 e. The summed E-state index contributed by atoms with van der Waals surface area (Å²) < 4.78 is 17.0. The van der Waals surface area contributed by atoms with Crippen molar-refractivity contribution in [3.05, 3.63) is 122 Å². The van der Waals surface area contributed by atoms with E-state index >= 15 is 0 Å². The Morgan fingerprint density at radius 2 is 0.476 bits per heavy atom. The van der Waals surface area contributed by atoms with Gasteiger partial charge in [-0.2, -0.15) is 0 Å². The molecule has 0 spiro atoms. The third kappa shape index (κ3) is 66.6. The quantitative estimate of drug-likeness (QED) is 0.0261. The lowest BCUT2D eigenvalue weighted by Gasteiger charge is -2.18. The highest BCUT2D eigenvalue weighted by Crippen LogP contribution is 2.17. The van der Waals surface area contributed by atoms with Gasteiger partial charge in [-0.25, -0.2) is 0 Å². The lowest BCUT2D eigenvalue weighted by molar-refractivity contribution is -0.167. The molecule has 0 saturated carbocycles. The van der Waals surface area contributed by atoms with Crippen LogP contribution in [-0.2, 0) is 28.6 Å². The molecule has 0 heterocycles. The minimum absolute atomic E-state index is 0.0951. The van der Waals surface area contributed by atoms with Crippen molar-refractivity contribution in [1.82, 2.24) is 0 Å². The number of carbonyl (C=O) groups excluding carboxylic acids is 3. The first-order chi connectivity index (χ1) is 40.5. The molecular formula is C76H128O6. The van der Waals surface area contributed by atoms with E-state index < -0.39 is 6.10 Å². The van der Waals surface area contributed by atoms with E-state index in [-0.39, 0.29) is 37.5 Å². The molecule has 468 valence electrons. The Morgan fingerprint density at radius 1 is 0.256 bits per heavy atom. The Kier molecular flexibility index (Phi) is 65.8. The van der Waals surface area contributed by atoms with Crippen molar-refractivity contribution in [3.63, 3.8) is 0 Å². The zero-order valence-electron chi connectivity index (χ0n) is 53.7. The van der Waals surface area contributed by atoms with E-state index in [1.165, 1.54) is 161 Å². The third-order valence-corrected chi connectivity index (χ3v) is 14.7. The fraction of sp³-hybridized carbons (Fsp3) is 0.697. The van der Waals surface area contributed by atoms with Crippen LogP contribution in [0.25, 0.3) is 0 Å². The van der Waals surface area contributed by atoms with Gasteiger partial charge < -0.3 is 14.2 Å². The molecule has 0 amide bonds. The molecule has 0 radical (unpaired) electrons. The number of allylic oxidation sites excluding steroid dienone is 20. The third-order valence-electron chi connectivity index (χ3n) is 14.7. The molecule has 0 aromatic heterocycles. The number of esters is 3. The SMILES string of the molecule is CC/C=C\C/C=C\C/C=C\C/C=C\C/C=C\C/C=C\CCCCC(=O)OC(COC(=O)CCCCCCCCCCCCCC/C=C\C/C=C\C/C=C\C/C=C\CC)COC(=O)CCCCCCCCCCCCCCCCCCCC. The van der Waals surface area contributed by atoms with Gasteiger partial charge in [-0.05, 0) is 109 Å². The molecule has 0 rings (SSSR count). The maximum absolute atomic E-state index is 12.9. The van der Waals surface area contributed by atoms with Gasteiger partial charge in [-0.1, -0.05) is 316 Å². The molecule has 6 heteroatoms. The second-order valence-corrected chi connectivity index (χ2v) is 22.7. The van der Waals surface area contributed by atoms with Crippen molar-refractivity contribution in [2.75, 3.05) is 13.2 Å². The van der Waals surface area contributed by atoms with Crippen molar-refractivity contribution < 1.29 is 28.6 Å². The van der Waals surface area contributed by atoms with Crippen LogP contribution in [0.2, 0.25) is 0 Å². The Morgan fingerprint density at radius 3 is 0.768 bits per heavy atom. The van der Waals surface area contributed by atoms with Gasteiger partial charge >= 0.3 is 17.9 Å². The van der Waals surface area contributed by atoms with Gasteiger partial charge in [0.05, 0.1) is 0 Å². The summed E-state index contributed by atoms with van der Waals surface area (Å²) in [7, 11) is 0. The van der Waals surface area contributed by atoms with Crippen LogP contribution in [0.3, 0.4) is 0 Å². The van der Waals surface area contributed by atoms with Gasteiger partial charge in [0.25, 0.3) is 0 Å². The first-order valence-corrected chi connectivity index (χ1v) is 34.5. The van der Waals surface area contributed by atoms with Crippen molar-refractivity contribution in [1.29, 1.82) is 0 Å². The number of carbonyl (C=O) groups is 3. The van der Waals surface area contributed by atoms with Crippen LogP contribution in [0.1, 0.15) is 323 Å².